The van der Waals surface area contributed by atoms with Crippen LogP contribution in [0, 0.1) is 5.92 Å². The van der Waals surface area contributed by atoms with Gasteiger partial charge in [0.25, 0.3) is 0 Å². The van der Waals surface area contributed by atoms with Crippen LogP contribution in [0.1, 0.15) is 13.8 Å². The largest absolute Gasteiger partial charge is 0.382 e. The molecule has 4 nitrogen and oxygen atoms in total. The van der Waals surface area contributed by atoms with Crippen molar-refractivity contribution in [3.63, 3.8) is 0 Å². The van der Waals surface area contributed by atoms with Crippen molar-refractivity contribution in [3.8, 4) is 0 Å². The highest BCUT2D eigenvalue weighted by molar-refractivity contribution is 5.87. The molecule has 1 amide bonds. The van der Waals surface area contributed by atoms with Gasteiger partial charge < -0.3 is 10.1 Å². The summed E-state index contributed by atoms with van der Waals surface area (Å²) in [6.45, 7) is 5.99. The van der Waals surface area contributed by atoms with Crippen molar-refractivity contribution < 1.29 is 9.53 Å². The number of methoxy groups -OCH3 is 1. The molecule has 1 rings (SSSR count). The molecule has 0 bridgehead atoms. The van der Waals surface area contributed by atoms with Crippen molar-refractivity contribution in [2.45, 2.75) is 19.4 Å². The highest BCUT2D eigenvalue weighted by atomic mass is 16.5. The first-order chi connectivity index (χ1) is 6.13. The van der Waals surface area contributed by atoms with Crippen molar-refractivity contribution >= 4 is 5.91 Å². The third-order valence-corrected chi connectivity index (χ3v) is 2.61. The Bertz CT molecular complexity index is 190. The second-order valence-electron chi connectivity index (χ2n) is 3.74. The number of nitrogens with one attached hydrogen (secondary N) is 2. The quantitative estimate of drug-likeness (QED) is 0.639. The van der Waals surface area contributed by atoms with E-state index in [9.17, 15) is 4.79 Å². The molecule has 0 aromatic rings. The van der Waals surface area contributed by atoms with Gasteiger partial charge in [0.2, 0.25) is 5.91 Å². The van der Waals surface area contributed by atoms with Crippen molar-refractivity contribution in [2.24, 2.45) is 5.92 Å². The molecule has 0 spiro atoms. The third-order valence-electron chi connectivity index (χ3n) is 2.61. The van der Waals surface area contributed by atoms with Crippen LogP contribution in [0.3, 0.4) is 0 Å². The van der Waals surface area contributed by atoms with Crippen LogP contribution in [0.15, 0.2) is 0 Å². The number of piperazine rings is 1. The predicted octanol–water partition coefficient (Wildman–Crippen LogP) is -0.253. The Labute approximate surface area is 79.0 Å². The second kappa shape index (κ2) is 4.07. The Hall–Kier alpha value is -0.610. The molecule has 1 unspecified atom stereocenters. The Morgan fingerprint density at radius 2 is 2.23 bits per heavy atom. The molecule has 4 heteroatoms. The average Bonchev–Trinajstić information content (AvgIpc) is 2.09. The van der Waals surface area contributed by atoms with Gasteiger partial charge in [-0.2, -0.15) is 0 Å². The summed E-state index contributed by atoms with van der Waals surface area (Å²) in [6.07, 6.45) is 0. The second-order valence-corrected chi connectivity index (χ2v) is 3.74. The van der Waals surface area contributed by atoms with Gasteiger partial charge in [-0.1, -0.05) is 13.8 Å². The van der Waals surface area contributed by atoms with E-state index in [-0.39, 0.29) is 11.8 Å². The SMILES string of the molecule is COCC1(C(C)C)NCCNC1=O. The zero-order valence-electron chi connectivity index (χ0n) is 8.52. The first-order valence-corrected chi connectivity index (χ1v) is 4.66. The van der Waals surface area contributed by atoms with Gasteiger partial charge in [-0.3, -0.25) is 10.1 Å². The fraction of sp³-hybridized carbons (Fsp3) is 0.889. The molecule has 1 aliphatic rings. The molecule has 0 aliphatic carbocycles. The lowest BCUT2D eigenvalue weighted by atomic mass is 9.85. The Morgan fingerprint density at radius 1 is 1.54 bits per heavy atom. The van der Waals surface area contributed by atoms with Crippen LogP contribution in [0.2, 0.25) is 0 Å². The summed E-state index contributed by atoms with van der Waals surface area (Å²) in [5.74, 6) is 0.281. The van der Waals surface area contributed by atoms with Crippen LogP contribution in [0.25, 0.3) is 0 Å². The lowest BCUT2D eigenvalue weighted by molar-refractivity contribution is -0.134. The maximum Gasteiger partial charge on any atom is 0.243 e. The molecule has 1 heterocycles. The van der Waals surface area contributed by atoms with Gasteiger partial charge >= 0.3 is 0 Å². The topological polar surface area (TPSA) is 50.4 Å². The van der Waals surface area contributed by atoms with E-state index < -0.39 is 5.54 Å². The number of ether oxygens (including phenoxy) is 1. The summed E-state index contributed by atoms with van der Waals surface area (Å²) in [6, 6.07) is 0. The number of hydrogen-bond acceptors (Lipinski definition) is 3. The lowest BCUT2D eigenvalue weighted by Crippen LogP contribution is -2.68. The van der Waals surface area contributed by atoms with Crippen LogP contribution in [-0.4, -0.2) is 38.3 Å². The highest BCUT2D eigenvalue weighted by Gasteiger charge is 2.42. The van der Waals surface area contributed by atoms with Crippen LogP contribution < -0.4 is 10.6 Å². The standard InChI is InChI=1S/C9H18N2O2/c1-7(2)9(6-13-3)8(12)10-4-5-11-9/h7,11H,4-6H2,1-3H3,(H,10,12). The minimum atomic E-state index is -0.535. The van der Waals surface area contributed by atoms with Gasteiger partial charge in [0.15, 0.2) is 0 Å². The summed E-state index contributed by atoms with van der Waals surface area (Å²) in [4.78, 5) is 11.7. The van der Waals surface area contributed by atoms with Crippen LogP contribution in [0.5, 0.6) is 0 Å². The smallest absolute Gasteiger partial charge is 0.243 e. The first kappa shape index (κ1) is 10.5. The van der Waals surface area contributed by atoms with Crippen LogP contribution >= 0.6 is 0 Å². The van der Waals surface area contributed by atoms with Gasteiger partial charge in [-0.25, -0.2) is 0 Å². The Morgan fingerprint density at radius 3 is 2.69 bits per heavy atom. The van der Waals surface area contributed by atoms with E-state index >= 15 is 0 Å². The number of carbonyl (C=O) groups is 1. The molecule has 1 saturated heterocycles. The molecular formula is C9H18N2O2. The molecular weight excluding hydrogens is 168 g/mol. The van der Waals surface area contributed by atoms with Crippen molar-refractivity contribution in [2.75, 3.05) is 26.8 Å². The summed E-state index contributed by atoms with van der Waals surface area (Å²) in [5.41, 5.74) is -0.535. The normalized spacial score (nSPS) is 29.1. The molecule has 0 aromatic carbocycles. The fourth-order valence-electron chi connectivity index (χ4n) is 1.68. The molecule has 0 aromatic heterocycles. The average molecular weight is 186 g/mol. The Kier molecular flexibility index (Phi) is 3.27. The number of rotatable bonds is 3. The zero-order chi connectivity index (χ0) is 9.90. The van der Waals surface area contributed by atoms with E-state index in [1.165, 1.54) is 0 Å². The van der Waals surface area contributed by atoms with E-state index in [2.05, 4.69) is 10.6 Å². The monoisotopic (exact) mass is 186 g/mol. The van der Waals surface area contributed by atoms with E-state index in [4.69, 9.17) is 4.74 Å². The molecule has 1 atom stereocenters. The fourth-order valence-corrected chi connectivity index (χ4v) is 1.68. The number of amides is 1. The summed E-state index contributed by atoms with van der Waals surface area (Å²) in [5, 5.41) is 6.10. The lowest BCUT2D eigenvalue weighted by Gasteiger charge is -2.39. The van der Waals surface area contributed by atoms with E-state index in [1.807, 2.05) is 13.8 Å². The molecule has 0 saturated carbocycles. The maximum atomic E-state index is 11.7. The van der Waals surface area contributed by atoms with Gasteiger partial charge in [0.1, 0.15) is 5.54 Å². The molecule has 1 aliphatic heterocycles. The van der Waals surface area contributed by atoms with Crippen LogP contribution in [-0.2, 0) is 9.53 Å². The van der Waals surface area contributed by atoms with Crippen molar-refractivity contribution in [1.82, 2.24) is 10.6 Å². The highest BCUT2D eigenvalue weighted by Crippen LogP contribution is 2.19. The molecule has 13 heavy (non-hydrogen) atoms. The van der Waals surface area contributed by atoms with Gasteiger partial charge in [0.05, 0.1) is 6.61 Å². The minimum Gasteiger partial charge on any atom is -0.382 e. The van der Waals surface area contributed by atoms with Gasteiger partial charge in [-0.15, -0.1) is 0 Å². The predicted molar refractivity (Wildman–Crippen MR) is 50.5 cm³/mol. The first-order valence-electron chi connectivity index (χ1n) is 4.66. The van der Waals surface area contributed by atoms with E-state index in [0.717, 1.165) is 6.54 Å². The molecule has 76 valence electrons. The van der Waals surface area contributed by atoms with E-state index in [0.29, 0.717) is 13.2 Å². The van der Waals surface area contributed by atoms with Gasteiger partial charge in [-0.05, 0) is 5.92 Å². The third kappa shape index (κ3) is 1.84. The molecule has 1 fully saturated rings. The minimum absolute atomic E-state index is 0.0515. The summed E-state index contributed by atoms with van der Waals surface area (Å²) < 4.78 is 5.09. The van der Waals surface area contributed by atoms with Crippen molar-refractivity contribution in [1.29, 1.82) is 0 Å². The number of carbonyl (C=O) groups excluding carboxylic acids is 1. The summed E-state index contributed by atoms with van der Waals surface area (Å²) >= 11 is 0. The van der Waals surface area contributed by atoms with Crippen LogP contribution in [0.4, 0.5) is 0 Å². The maximum absolute atomic E-state index is 11.7. The number of hydrogen-bond donors (Lipinski definition) is 2. The van der Waals surface area contributed by atoms with Gasteiger partial charge in [0, 0.05) is 20.2 Å². The van der Waals surface area contributed by atoms with E-state index in [1.54, 1.807) is 7.11 Å². The van der Waals surface area contributed by atoms with Crippen molar-refractivity contribution in [3.05, 3.63) is 0 Å². The molecule has 0 radical (unpaired) electrons. The molecule has 2 N–H and O–H groups in total. The Balaban J connectivity index is 2.79. The summed E-state index contributed by atoms with van der Waals surface area (Å²) in [7, 11) is 1.62. The zero-order valence-corrected chi connectivity index (χ0v) is 8.52.